The standard InChI is InChI=1S/C13H13N3O2S/c1-2-12-15-16-13(19-12)14-11(18)8-10(17)9-6-4-3-5-7-9/h3-7H,2,8H2,1H3,(H,14,16,18). The maximum atomic E-state index is 11.8. The van der Waals surface area contributed by atoms with E-state index in [9.17, 15) is 9.59 Å². The van der Waals surface area contributed by atoms with Gasteiger partial charge in [-0.2, -0.15) is 0 Å². The summed E-state index contributed by atoms with van der Waals surface area (Å²) in [4.78, 5) is 23.5. The van der Waals surface area contributed by atoms with Crippen LogP contribution in [-0.2, 0) is 11.2 Å². The summed E-state index contributed by atoms with van der Waals surface area (Å²) >= 11 is 1.32. The summed E-state index contributed by atoms with van der Waals surface area (Å²) in [7, 11) is 0. The molecule has 0 aliphatic carbocycles. The maximum Gasteiger partial charge on any atom is 0.234 e. The third kappa shape index (κ3) is 3.69. The summed E-state index contributed by atoms with van der Waals surface area (Å²) in [5.74, 6) is -0.578. The Bertz CT molecular complexity index is 581. The number of aryl methyl sites for hydroxylation is 1. The second kappa shape index (κ2) is 6.19. The van der Waals surface area contributed by atoms with E-state index in [0.29, 0.717) is 10.7 Å². The molecule has 2 rings (SSSR count). The summed E-state index contributed by atoms with van der Waals surface area (Å²) in [5.41, 5.74) is 0.532. The molecule has 1 heterocycles. The molecule has 0 atom stereocenters. The number of carbonyl (C=O) groups excluding carboxylic acids is 2. The molecule has 2 aromatic rings. The van der Waals surface area contributed by atoms with Gasteiger partial charge in [0, 0.05) is 5.56 Å². The fourth-order valence-corrected chi connectivity index (χ4v) is 2.18. The topological polar surface area (TPSA) is 72.0 Å². The minimum Gasteiger partial charge on any atom is -0.300 e. The van der Waals surface area contributed by atoms with Gasteiger partial charge in [0.25, 0.3) is 0 Å². The lowest BCUT2D eigenvalue weighted by Gasteiger charge is -2.00. The van der Waals surface area contributed by atoms with E-state index in [1.807, 2.05) is 13.0 Å². The molecule has 0 radical (unpaired) electrons. The molecule has 6 heteroatoms. The van der Waals surface area contributed by atoms with Gasteiger partial charge < -0.3 is 5.32 Å². The molecule has 1 aromatic carbocycles. The molecule has 1 N–H and O–H groups in total. The van der Waals surface area contributed by atoms with Gasteiger partial charge in [0.05, 0.1) is 6.42 Å². The molecule has 5 nitrogen and oxygen atoms in total. The molecular formula is C13H13N3O2S. The Morgan fingerprint density at radius 3 is 2.58 bits per heavy atom. The number of ketones is 1. The van der Waals surface area contributed by atoms with Crippen molar-refractivity contribution in [2.24, 2.45) is 0 Å². The SMILES string of the molecule is CCc1nnc(NC(=O)CC(=O)c2ccccc2)s1. The second-order valence-corrected chi connectivity index (χ2v) is 4.93. The summed E-state index contributed by atoms with van der Waals surface area (Å²) < 4.78 is 0. The predicted molar refractivity (Wildman–Crippen MR) is 73.3 cm³/mol. The van der Waals surface area contributed by atoms with E-state index in [4.69, 9.17) is 0 Å². The van der Waals surface area contributed by atoms with Crippen molar-refractivity contribution < 1.29 is 9.59 Å². The zero-order valence-corrected chi connectivity index (χ0v) is 11.2. The van der Waals surface area contributed by atoms with E-state index in [-0.39, 0.29) is 18.1 Å². The van der Waals surface area contributed by atoms with E-state index in [1.165, 1.54) is 11.3 Å². The van der Waals surface area contributed by atoms with E-state index >= 15 is 0 Å². The van der Waals surface area contributed by atoms with Gasteiger partial charge in [-0.25, -0.2) is 0 Å². The molecule has 0 fully saturated rings. The quantitative estimate of drug-likeness (QED) is 0.671. The predicted octanol–water partition coefficient (Wildman–Crippen LogP) is 2.31. The van der Waals surface area contributed by atoms with Crippen molar-refractivity contribution in [2.45, 2.75) is 19.8 Å². The zero-order valence-electron chi connectivity index (χ0n) is 10.4. The van der Waals surface area contributed by atoms with Crippen LogP contribution in [0, 0.1) is 0 Å². The van der Waals surface area contributed by atoms with E-state index in [2.05, 4.69) is 15.5 Å². The van der Waals surface area contributed by atoms with Gasteiger partial charge in [0.15, 0.2) is 5.78 Å². The molecule has 0 unspecified atom stereocenters. The van der Waals surface area contributed by atoms with Crippen LogP contribution in [-0.4, -0.2) is 21.9 Å². The number of carbonyl (C=O) groups is 2. The van der Waals surface area contributed by atoms with Crippen LogP contribution in [0.25, 0.3) is 0 Å². The largest absolute Gasteiger partial charge is 0.300 e. The van der Waals surface area contributed by atoms with Crippen molar-refractivity contribution in [2.75, 3.05) is 5.32 Å². The first-order valence-corrected chi connectivity index (χ1v) is 6.71. The molecule has 19 heavy (non-hydrogen) atoms. The Kier molecular flexibility index (Phi) is 4.35. The van der Waals surface area contributed by atoms with Gasteiger partial charge in [0.1, 0.15) is 5.01 Å². The number of nitrogens with one attached hydrogen (secondary N) is 1. The number of anilines is 1. The van der Waals surface area contributed by atoms with Crippen LogP contribution in [0.1, 0.15) is 28.7 Å². The molecule has 0 aliphatic rings. The third-order valence-electron chi connectivity index (χ3n) is 2.43. The first-order chi connectivity index (χ1) is 9.19. The summed E-state index contributed by atoms with van der Waals surface area (Å²) in [6.07, 6.45) is 0.585. The number of Topliss-reactive ketones (excluding diaryl/α,β-unsaturated/α-hetero) is 1. The average Bonchev–Trinajstić information content (AvgIpc) is 2.87. The average molecular weight is 275 g/mol. The molecule has 1 amide bonds. The van der Waals surface area contributed by atoms with Gasteiger partial charge in [-0.3, -0.25) is 9.59 Å². The minimum atomic E-state index is -0.368. The number of aromatic nitrogens is 2. The maximum absolute atomic E-state index is 11.8. The van der Waals surface area contributed by atoms with Gasteiger partial charge in [0.2, 0.25) is 11.0 Å². The van der Waals surface area contributed by atoms with Crippen molar-refractivity contribution in [1.29, 1.82) is 0 Å². The summed E-state index contributed by atoms with van der Waals surface area (Å²) in [5, 5.41) is 11.6. The number of benzene rings is 1. The number of nitrogens with zero attached hydrogens (tertiary/aromatic N) is 2. The number of amides is 1. The van der Waals surface area contributed by atoms with Crippen LogP contribution in [0.4, 0.5) is 5.13 Å². The Morgan fingerprint density at radius 2 is 1.95 bits per heavy atom. The highest BCUT2D eigenvalue weighted by Crippen LogP contribution is 2.15. The number of rotatable bonds is 5. The van der Waals surface area contributed by atoms with E-state index in [1.54, 1.807) is 24.3 Å². The Hall–Kier alpha value is -2.08. The Labute approximate surface area is 114 Å². The van der Waals surface area contributed by atoms with Crippen molar-refractivity contribution in [3.05, 3.63) is 40.9 Å². The fourth-order valence-electron chi connectivity index (χ4n) is 1.48. The van der Waals surface area contributed by atoms with Crippen LogP contribution < -0.4 is 5.32 Å². The molecule has 0 saturated carbocycles. The van der Waals surface area contributed by atoms with Gasteiger partial charge >= 0.3 is 0 Å². The molecule has 98 valence electrons. The molecule has 0 spiro atoms. The third-order valence-corrected chi connectivity index (χ3v) is 3.42. The van der Waals surface area contributed by atoms with Crippen molar-refractivity contribution in [1.82, 2.24) is 10.2 Å². The van der Waals surface area contributed by atoms with Crippen LogP contribution in [0.3, 0.4) is 0 Å². The molecule has 0 bridgehead atoms. The minimum absolute atomic E-state index is 0.189. The molecule has 0 saturated heterocycles. The first kappa shape index (κ1) is 13.4. The van der Waals surface area contributed by atoms with Crippen molar-refractivity contribution in [3.63, 3.8) is 0 Å². The second-order valence-electron chi connectivity index (χ2n) is 3.87. The highest BCUT2D eigenvalue weighted by Gasteiger charge is 2.13. The van der Waals surface area contributed by atoms with Crippen LogP contribution in [0.2, 0.25) is 0 Å². The van der Waals surface area contributed by atoms with Gasteiger partial charge in [-0.15, -0.1) is 10.2 Å². The molecular weight excluding hydrogens is 262 g/mol. The summed E-state index contributed by atoms with van der Waals surface area (Å²) in [6, 6.07) is 8.74. The van der Waals surface area contributed by atoms with Crippen LogP contribution in [0.15, 0.2) is 30.3 Å². The van der Waals surface area contributed by atoms with E-state index in [0.717, 1.165) is 11.4 Å². The fraction of sp³-hybridized carbons (Fsp3) is 0.231. The van der Waals surface area contributed by atoms with Crippen LogP contribution in [0.5, 0.6) is 0 Å². The highest BCUT2D eigenvalue weighted by atomic mass is 32.1. The lowest BCUT2D eigenvalue weighted by atomic mass is 10.1. The monoisotopic (exact) mass is 275 g/mol. The van der Waals surface area contributed by atoms with Crippen molar-refractivity contribution >= 4 is 28.2 Å². The lowest BCUT2D eigenvalue weighted by Crippen LogP contribution is -2.16. The molecule has 1 aromatic heterocycles. The normalized spacial score (nSPS) is 10.2. The summed E-state index contributed by atoms with van der Waals surface area (Å²) in [6.45, 7) is 1.96. The van der Waals surface area contributed by atoms with Gasteiger partial charge in [-0.05, 0) is 6.42 Å². The van der Waals surface area contributed by atoms with E-state index < -0.39 is 0 Å². The van der Waals surface area contributed by atoms with Crippen molar-refractivity contribution in [3.8, 4) is 0 Å². The number of hydrogen-bond acceptors (Lipinski definition) is 5. The smallest absolute Gasteiger partial charge is 0.234 e. The highest BCUT2D eigenvalue weighted by molar-refractivity contribution is 7.15. The van der Waals surface area contributed by atoms with Crippen LogP contribution >= 0.6 is 11.3 Å². The zero-order chi connectivity index (χ0) is 13.7. The first-order valence-electron chi connectivity index (χ1n) is 5.89. The Morgan fingerprint density at radius 1 is 1.21 bits per heavy atom. The number of hydrogen-bond donors (Lipinski definition) is 1. The Balaban J connectivity index is 1.93. The van der Waals surface area contributed by atoms with Gasteiger partial charge in [-0.1, -0.05) is 48.6 Å². The molecule has 0 aliphatic heterocycles. The lowest BCUT2D eigenvalue weighted by molar-refractivity contribution is -0.115.